The maximum atomic E-state index is 11.2. The van der Waals surface area contributed by atoms with Crippen molar-refractivity contribution in [3.63, 3.8) is 0 Å². The Balaban J connectivity index is 1.67. The molecule has 1 fully saturated rings. The maximum absolute atomic E-state index is 11.2. The van der Waals surface area contributed by atoms with Gasteiger partial charge in [0.25, 0.3) is 0 Å². The van der Waals surface area contributed by atoms with E-state index in [1.807, 2.05) is 0 Å². The van der Waals surface area contributed by atoms with Gasteiger partial charge in [-0.15, -0.1) is 0 Å². The highest BCUT2D eigenvalue weighted by Crippen LogP contribution is 2.34. The van der Waals surface area contributed by atoms with Crippen LogP contribution in [-0.2, 0) is 17.8 Å². The van der Waals surface area contributed by atoms with E-state index in [0.29, 0.717) is 18.4 Å². The van der Waals surface area contributed by atoms with Crippen LogP contribution in [0.15, 0.2) is 18.2 Å². The van der Waals surface area contributed by atoms with Gasteiger partial charge >= 0.3 is 0 Å². The van der Waals surface area contributed by atoms with Gasteiger partial charge in [0.05, 0.1) is 0 Å². The van der Waals surface area contributed by atoms with Gasteiger partial charge in [0.15, 0.2) is 0 Å². The number of rotatable bonds is 5. The Morgan fingerprint density at radius 1 is 1.19 bits per heavy atom. The van der Waals surface area contributed by atoms with Crippen LogP contribution in [0.2, 0.25) is 0 Å². The Labute approximate surface area is 127 Å². The fourth-order valence-electron chi connectivity index (χ4n) is 3.93. The third kappa shape index (κ3) is 3.65. The number of hydrogen-bond donors (Lipinski definition) is 2. The van der Waals surface area contributed by atoms with Crippen molar-refractivity contribution >= 4 is 5.91 Å². The largest absolute Gasteiger partial charge is 0.370 e. The van der Waals surface area contributed by atoms with Crippen LogP contribution in [-0.4, -0.2) is 11.9 Å². The molecule has 0 heterocycles. The predicted octanol–water partition coefficient (Wildman–Crippen LogP) is 3.01. The van der Waals surface area contributed by atoms with E-state index >= 15 is 0 Å². The van der Waals surface area contributed by atoms with Crippen molar-refractivity contribution in [3.05, 3.63) is 34.9 Å². The highest BCUT2D eigenvalue weighted by molar-refractivity contribution is 5.75. The summed E-state index contributed by atoms with van der Waals surface area (Å²) in [6.07, 6.45) is 9.29. The van der Waals surface area contributed by atoms with Crippen LogP contribution < -0.4 is 11.1 Å². The van der Waals surface area contributed by atoms with Gasteiger partial charge < -0.3 is 11.1 Å². The molecule has 0 saturated heterocycles. The molecule has 1 aromatic rings. The van der Waals surface area contributed by atoms with Gasteiger partial charge in [-0.2, -0.15) is 0 Å². The molecule has 21 heavy (non-hydrogen) atoms. The second-order valence-corrected chi connectivity index (χ2v) is 6.66. The number of primary amides is 1. The van der Waals surface area contributed by atoms with Crippen LogP contribution in [0.1, 0.15) is 67.6 Å². The van der Waals surface area contributed by atoms with Crippen LogP contribution >= 0.6 is 0 Å². The standard InChI is InChI=1S/C18H26N2O/c19-18(21)11-15-5-3-4-14-10-13(8-9-17(14)15)12-20-16-6-1-2-7-16/h8-10,15-16,20H,1-7,11-12H2,(H2,19,21)/t15-/m1/s1. The normalized spacial score (nSPS) is 22.2. The van der Waals surface area contributed by atoms with Crippen LogP contribution in [0.25, 0.3) is 0 Å². The van der Waals surface area contributed by atoms with Crippen molar-refractivity contribution in [2.45, 2.75) is 69.9 Å². The van der Waals surface area contributed by atoms with Crippen molar-refractivity contribution < 1.29 is 4.79 Å². The summed E-state index contributed by atoms with van der Waals surface area (Å²) in [7, 11) is 0. The molecule has 1 amide bonds. The zero-order chi connectivity index (χ0) is 14.7. The van der Waals surface area contributed by atoms with E-state index < -0.39 is 0 Å². The number of benzene rings is 1. The molecule has 0 radical (unpaired) electrons. The number of fused-ring (bicyclic) bond motifs is 1. The molecule has 3 nitrogen and oxygen atoms in total. The van der Waals surface area contributed by atoms with E-state index in [4.69, 9.17) is 5.73 Å². The van der Waals surface area contributed by atoms with Crippen LogP contribution in [0.4, 0.5) is 0 Å². The second kappa shape index (κ2) is 6.61. The lowest BCUT2D eigenvalue weighted by atomic mass is 9.80. The average molecular weight is 286 g/mol. The molecule has 0 aliphatic heterocycles. The number of amides is 1. The number of carbonyl (C=O) groups excluding carboxylic acids is 1. The molecule has 2 aliphatic carbocycles. The maximum Gasteiger partial charge on any atom is 0.218 e. The van der Waals surface area contributed by atoms with Crippen molar-refractivity contribution in [1.82, 2.24) is 5.32 Å². The third-order valence-electron chi connectivity index (χ3n) is 5.04. The van der Waals surface area contributed by atoms with E-state index in [9.17, 15) is 4.79 Å². The SMILES string of the molecule is NC(=O)C[C@H]1CCCc2cc(CNC3CCCC3)ccc21. The molecular weight excluding hydrogens is 260 g/mol. The summed E-state index contributed by atoms with van der Waals surface area (Å²) in [5.41, 5.74) is 9.53. The Kier molecular flexibility index (Phi) is 4.59. The van der Waals surface area contributed by atoms with Crippen LogP contribution in [0.5, 0.6) is 0 Å². The first-order valence-corrected chi connectivity index (χ1v) is 8.36. The average Bonchev–Trinajstić information content (AvgIpc) is 2.98. The van der Waals surface area contributed by atoms with Crippen LogP contribution in [0.3, 0.4) is 0 Å². The first-order chi connectivity index (χ1) is 10.2. The zero-order valence-corrected chi connectivity index (χ0v) is 12.7. The van der Waals surface area contributed by atoms with E-state index in [-0.39, 0.29) is 5.91 Å². The summed E-state index contributed by atoms with van der Waals surface area (Å²) in [5.74, 6) is 0.155. The second-order valence-electron chi connectivity index (χ2n) is 6.66. The highest BCUT2D eigenvalue weighted by atomic mass is 16.1. The Morgan fingerprint density at radius 3 is 2.76 bits per heavy atom. The first-order valence-electron chi connectivity index (χ1n) is 8.36. The van der Waals surface area contributed by atoms with E-state index in [0.717, 1.165) is 19.4 Å². The molecule has 1 aromatic carbocycles. The van der Waals surface area contributed by atoms with Gasteiger partial charge in [0.1, 0.15) is 0 Å². The molecule has 3 heteroatoms. The lowest BCUT2D eigenvalue weighted by Crippen LogP contribution is -2.25. The lowest BCUT2D eigenvalue weighted by molar-refractivity contribution is -0.118. The summed E-state index contributed by atoms with van der Waals surface area (Å²) in [4.78, 5) is 11.2. The summed E-state index contributed by atoms with van der Waals surface area (Å²) in [6.45, 7) is 0.971. The van der Waals surface area contributed by atoms with Crippen molar-refractivity contribution in [2.75, 3.05) is 0 Å². The summed E-state index contributed by atoms with van der Waals surface area (Å²) >= 11 is 0. The van der Waals surface area contributed by atoms with E-state index in [1.54, 1.807) is 0 Å². The molecule has 0 unspecified atom stereocenters. The Bertz CT molecular complexity index is 506. The summed E-state index contributed by atoms with van der Waals surface area (Å²) in [6, 6.07) is 7.50. The van der Waals surface area contributed by atoms with Gasteiger partial charge in [0.2, 0.25) is 5.91 Å². The van der Waals surface area contributed by atoms with Crippen molar-refractivity contribution in [2.24, 2.45) is 5.73 Å². The smallest absolute Gasteiger partial charge is 0.218 e. The van der Waals surface area contributed by atoms with Crippen molar-refractivity contribution in [1.29, 1.82) is 0 Å². The number of carbonyl (C=O) groups is 1. The summed E-state index contributed by atoms with van der Waals surface area (Å²) < 4.78 is 0. The lowest BCUT2D eigenvalue weighted by Gasteiger charge is -2.25. The van der Waals surface area contributed by atoms with Gasteiger partial charge in [-0.25, -0.2) is 0 Å². The molecular formula is C18H26N2O. The molecule has 2 aliphatic rings. The first kappa shape index (κ1) is 14.6. The number of nitrogens with two attached hydrogens (primary N) is 1. The molecule has 0 bridgehead atoms. The van der Waals surface area contributed by atoms with Crippen molar-refractivity contribution in [3.8, 4) is 0 Å². The minimum Gasteiger partial charge on any atom is -0.370 e. The number of aryl methyl sites for hydroxylation is 1. The Morgan fingerprint density at radius 2 is 2.00 bits per heavy atom. The fraction of sp³-hybridized carbons (Fsp3) is 0.611. The van der Waals surface area contributed by atoms with E-state index in [1.165, 1.54) is 48.8 Å². The quantitative estimate of drug-likeness (QED) is 0.874. The number of hydrogen-bond acceptors (Lipinski definition) is 2. The van der Waals surface area contributed by atoms with Gasteiger partial charge in [-0.05, 0) is 54.7 Å². The molecule has 0 aromatic heterocycles. The monoisotopic (exact) mass is 286 g/mol. The molecule has 0 spiro atoms. The summed E-state index contributed by atoms with van der Waals surface area (Å²) in [5, 5.41) is 3.67. The fourth-order valence-corrected chi connectivity index (χ4v) is 3.93. The van der Waals surface area contributed by atoms with E-state index in [2.05, 4.69) is 23.5 Å². The minimum absolute atomic E-state index is 0.181. The predicted molar refractivity (Wildman–Crippen MR) is 85.0 cm³/mol. The molecule has 3 rings (SSSR count). The molecule has 1 atom stereocenters. The molecule has 114 valence electrons. The molecule has 3 N–H and O–H groups in total. The molecule has 1 saturated carbocycles. The topological polar surface area (TPSA) is 55.1 Å². The van der Waals surface area contributed by atoms with Crippen LogP contribution in [0, 0.1) is 0 Å². The minimum atomic E-state index is -0.181. The Hall–Kier alpha value is -1.35. The van der Waals surface area contributed by atoms with Gasteiger partial charge in [-0.1, -0.05) is 31.0 Å². The third-order valence-corrected chi connectivity index (χ3v) is 5.04. The van der Waals surface area contributed by atoms with Gasteiger partial charge in [0, 0.05) is 19.0 Å². The zero-order valence-electron chi connectivity index (χ0n) is 12.7. The highest BCUT2D eigenvalue weighted by Gasteiger charge is 2.22. The van der Waals surface area contributed by atoms with Gasteiger partial charge in [-0.3, -0.25) is 4.79 Å². The number of nitrogens with one attached hydrogen (secondary N) is 1.